The Kier molecular flexibility index (Phi) is 6.08. The Bertz CT molecular complexity index is 634. The molecule has 0 spiro atoms. The van der Waals surface area contributed by atoms with E-state index >= 15 is 0 Å². The number of benzene rings is 1. The van der Waals surface area contributed by atoms with Gasteiger partial charge in [-0.1, -0.05) is 12.1 Å². The minimum atomic E-state index is 0.00784. The molecule has 5 heteroatoms. The second-order valence-electron chi connectivity index (χ2n) is 4.51. The summed E-state index contributed by atoms with van der Waals surface area (Å²) in [4.78, 5) is 16.2. The van der Waals surface area contributed by atoms with Gasteiger partial charge in [0.15, 0.2) is 0 Å². The number of rotatable bonds is 5. The number of carbonyl (C=O) groups excluding carboxylic acids is 1. The lowest BCUT2D eigenvalue weighted by Gasteiger charge is -2.13. The van der Waals surface area contributed by atoms with Gasteiger partial charge in [-0.25, -0.2) is 0 Å². The molecule has 110 valence electrons. The van der Waals surface area contributed by atoms with Gasteiger partial charge in [0.25, 0.3) is 0 Å². The van der Waals surface area contributed by atoms with E-state index in [2.05, 4.69) is 28.1 Å². The summed E-state index contributed by atoms with van der Waals surface area (Å²) < 4.78 is 1.09. The highest BCUT2D eigenvalue weighted by Crippen LogP contribution is 2.23. The average molecular weight is 382 g/mol. The van der Waals surface area contributed by atoms with Crippen LogP contribution in [0.5, 0.6) is 0 Å². The molecule has 2 rings (SSSR count). The van der Waals surface area contributed by atoms with Gasteiger partial charge in [0.1, 0.15) is 0 Å². The number of thiophene rings is 1. The summed E-state index contributed by atoms with van der Waals surface area (Å²) in [5, 5.41) is 0. The molecule has 0 saturated carbocycles. The maximum atomic E-state index is 12.1. The SMILES string of the molecule is CSc1ccc(/C=C/C(=O)N(C)Cc2ccc(Br)s2)cc1. The second-order valence-corrected chi connectivity index (χ2v) is 7.93. The van der Waals surface area contributed by atoms with Gasteiger partial charge >= 0.3 is 0 Å². The maximum Gasteiger partial charge on any atom is 0.246 e. The molecule has 1 aromatic heterocycles. The highest BCUT2D eigenvalue weighted by Gasteiger charge is 2.07. The smallest absolute Gasteiger partial charge is 0.246 e. The molecular formula is C16H16BrNOS2. The summed E-state index contributed by atoms with van der Waals surface area (Å²) in [5.74, 6) is 0.00784. The zero-order valence-electron chi connectivity index (χ0n) is 11.9. The predicted octanol–water partition coefficient (Wildman–Crippen LogP) is 4.90. The second kappa shape index (κ2) is 7.82. The van der Waals surface area contributed by atoms with Gasteiger partial charge in [0.2, 0.25) is 5.91 Å². The van der Waals surface area contributed by atoms with Crippen molar-refractivity contribution in [3.05, 3.63) is 56.7 Å². The molecule has 0 saturated heterocycles. The molecule has 0 radical (unpaired) electrons. The van der Waals surface area contributed by atoms with Crippen LogP contribution in [0.4, 0.5) is 0 Å². The summed E-state index contributed by atoms with van der Waals surface area (Å²) in [6.45, 7) is 0.630. The fraction of sp³-hybridized carbons (Fsp3) is 0.188. The first-order valence-corrected chi connectivity index (χ1v) is 9.23. The summed E-state index contributed by atoms with van der Waals surface area (Å²) in [7, 11) is 1.82. The highest BCUT2D eigenvalue weighted by molar-refractivity contribution is 9.11. The van der Waals surface area contributed by atoms with Gasteiger partial charge in [-0.3, -0.25) is 4.79 Å². The van der Waals surface area contributed by atoms with Crippen LogP contribution < -0.4 is 0 Å². The van der Waals surface area contributed by atoms with Crippen LogP contribution in [0.15, 0.2) is 51.2 Å². The fourth-order valence-corrected chi connectivity index (χ4v) is 3.70. The van der Waals surface area contributed by atoms with Crippen molar-refractivity contribution < 1.29 is 4.79 Å². The van der Waals surface area contributed by atoms with E-state index in [4.69, 9.17) is 0 Å². The normalized spacial score (nSPS) is 11.0. The largest absolute Gasteiger partial charge is 0.337 e. The minimum Gasteiger partial charge on any atom is -0.337 e. The Morgan fingerprint density at radius 2 is 2.00 bits per heavy atom. The molecule has 2 aromatic rings. The number of hydrogen-bond acceptors (Lipinski definition) is 3. The Balaban J connectivity index is 1.94. The quantitative estimate of drug-likeness (QED) is 0.541. The van der Waals surface area contributed by atoms with Crippen LogP contribution in [0.2, 0.25) is 0 Å². The van der Waals surface area contributed by atoms with Gasteiger partial charge in [-0.15, -0.1) is 23.1 Å². The molecule has 1 aromatic carbocycles. The molecule has 0 aliphatic rings. The minimum absolute atomic E-state index is 0.00784. The first-order valence-electron chi connectivity index (χ1n) is 6.40. The number of nitrogens with zero attached hydrogens (tertiary/aromatic N) is 1. The molecule has 0 aliphatic carbocycles. The van der Waals surface area contributed by atoms with Crippen LogP contribution >= 0.6 is 39.0 Å². The number of halogens is 1. The van der Waals surface area contributed by atoms with E-state index in [1.165, 1.54) is 4.90 Å². The van der Waals surface area contributed by atoms with Crippen molar-refractivity contribution >= 4 is 51.0 Å². The monoisotopic (exact) mass is 381 g/mol. The van der Waals surface area contributed by atoms with Crippen molar-refractivity contribution in [3.8, 4) is 0 Å². The topological polar surface area (TPSA) is 20.3 Å². The predicted molar refractivity (Wildman–Crippen MR) is 95.8 cm³/mol. The molecule has 21 heavy (non-hydrogen) atoms. The van der Waals surface area contributed by atoms with Crippen molar-refractivity contribution in [2.24, 2.45) is 0 Å². The van der Waals surface area contributed by atoms with Crippen molar-refractivity contribution in [2.75, 3.05) is 13.3 Å². The number of carbonyl (C=O) groups is 1. The first kappa shape index (κ1) is 16.3. The van der Waals surface area contributed by atoms with Crippen molar-refractivity contribution in [3.63, 3.8) is 0 Å². The maximum absolute atomic E-state index is 12.1. The van der Waals surface area contributed by atoms with E-state index in [0.29, 0.717) is 6.54 Å². The van der Waals surface area contributed by atoms with E-state index in [1.54, 1.807) is 34.1 Å². The molecule has 0 atom stereocenters. The van der Waals surface area contributed by atoms with Crippen molar-refractivity contribution in [1.82, 2.24) is 4.90 Å². The lowest BCUT2D eigenvalue weighted by molar-refractivity contribution is -0.125. The third-order valence-corrected chi connectivity index (χ3v) is 5.28. The van der Waals surface area contributed by atoms with E-state index < -0.39 is 0 Å². The molecule has 0 aliphatic heterocycles. The van der Waals surface area contributed by atoms with Crippen LogP contribution in [0, 0.1) is 0 Å². The van der Waals surface area contributed by atoms with Crippen LogP contribution in [-0.2, 0) is 11.3 Å². The highest BCUT2D eigenvalue weighted by atomic mass is 79.9. The number of amides is 1. The Morgan fingerprint density at radius 1 is 1.29 bits per heavy atom. The molecular weight excluding hydrogens is 366 g/mol. The Hall–Kier alpha value is -1.04. The van der Waals surface area contributed by atoms with Crippen LogP contribution in [0.3, 0.4) is 0 Å². The third kappa shape index (κ3) is 5.02. The first-order chi connectivity index (χ1) is 10.1. The van der Waals surface area contributed by atoms with Gasteiger partial charge in [-0.2, -0.15) is 0 Å². The number of thioether (sulfide) groups is 1. The lowest BCUT2D eigenvalue weighted by Crippen LogP contribution is -2.23. The van der Waals surface area contributed by atoms with Crippen LogP contribution in [0.25, 0.3) is 6.08 Å². The fourth-order valence-electron chi connectivity index (χ4n) is 1.76. The summed E-state index contributed by atoms with van der Waals surface area (Å²) >= 11 is 6.79. The number of likely N-dealkylation sites (N-methyl/N-ethyl adjacent to an activating group) is 1. The van der Waals surface area contributed by atoms with Crippen molar-refractivity contribution in [2.45, 2.75) is 11.4 Å². The molecule has 0 unspecified atom stereocenters. The number of hydrogen-bond donors (Lipinski definition) is 0. The van der Waals surface area contributed by atoms with E-state index in [0.717, 1.165) is 14.2 Å². The zero-order chi connectivity index (χ0) is 15.2. The molecule has 2 nitrogen and oxygen atoms in total. The molecule has 0 fully saturated rings. The molecule has 1 amide bonds. The van der Waals surface area contributed by atoms with Gasteiger partial charge in [0.05, 0.1) is 10.3 Å². The van der Waals surface area contributed by atoms with Crippen molar-refractivity contribution in [1.29, 1.82) is 0 Å². The lowest BCUT2D eigenvalue weighted by atomic mass is 10.2. The van der Waals surface area contributed by atoms with Gasteiger partial charge < -0.3 is 4.90 Å². The van der Waals surface area contributed by atoms with E-state index in [1.807, 2.05) is 43.6 Å². The summed E-state index contributed by atoms with van der Waals surface area (Å²) in [6.07, 6.45) is 5.52. The summed E-state index contributed by atoms with van der Waals surface area (Å²) in [6, 6.07) is 12.2. The molecule has 1 heterocycles. The standard InChI is InChI=1S/C16H16BrNOS2/c1-18(11-14-8-9-15(17)21-14)16(19)10-5-12-3-6-13(20-2)7-4-12/h3-10H,11H2,1-2H3/b10-5+. The molecule has 0 N–H and O–H groups in total. The van der Waals surface area contributed by atoms with E-state index in [-0.39, 0.29) is 5.91 Å². The Labute approximate surface area is 142 Å². The summed E-state index contributed by atoms with van der Waals surface area (Å²) in [5.41, 5.74) is 1.04. The van der Waals surface area contributed by atoms with Gasteiger partial charge in [-0.05, 0) is 58.1 Å². The third-order valence-electron chi connectivity index (χ3n) is 2.93. The van der Waals surface area contributed by atoms with Gasteiger partial charge in [0, 0.05) is 22.9 Å². The van der Waals surface area contributed by atoms with Crippen LogP contribution in [-0.4, -0.2) is 24.1 Å². The van der Waals surface area contributed by atoms with Crippen LogP contribution in [0.1, 0.15) is 10.4 Å². The average Bonchev–Trinajstić information content (AvgIpc) is 2.90. The Morgan fingerprint density at radius 3 is 2.57 bits per heavy atom. The van der Waals surface area contributed by atoms with E-state index in [9.17, 15) is 4.79 Å². The molecule has 0 bridgehead atoms. The zero-order valence-corrected chi connectivity index (χ0v) is 15.1.